The molecule has 0 heterocycles. The maximum atomic E-state index is 11.7. The zero-order valence-electron chi connectivity index (χ0n) is 27.8. The number of methoxy groups -OCH3 is 3. The molecule has 1 unspecified atom stereocenters. The van der Waals surface area contributed by atoms with E-state index in [0.717, 1.165) is 44.2 Å². The summed E-state index contributed by atoms with van der Waals surface area (Å²) < 4.78 is 33.0. The van der Waals surface area contributed by atoms with Gasteiger partial charge in [-0.25, -0.2) is 0 Å². The van der Waals surface area contributed by atoms with Gasteiger partial charge in [0.2, 0.25) is 0 Å². The first-order valence-electron chi connectivity index (χ1n) is 15.6. The monoisotopic (exact) mass is 710 g/mol. The molecule has 9 nitrogen and oxygen atoms in total. The fourth-order valence-electron chi connectivity index (χ4n) is 4.67. The minimum Gasteiger partial charge on any atom is -0.472 e. The molecule has 5 aromatic carbocycles. The highest BCUT2D eigenvalue weighted by Gasteiger charge is 2.19. The molecule has 0 saturated carbocycles. The van der Waals surface area contributed by atoms with E-state index in [4.69, 9.17) is 27.8 Å². The van der Waals surface area contributed by atoms with Crippen molar-refractivity contribution in [2.75, 3.05) is 21.3 Å². The van der Waals surface area contributed by atoms with Crippen LogP contribution in [-0.2, 0) is 47.9 Å². The number of benzene rings is 5. The van der Waals surface area contributed by atoms with Crippen LogP contribution in [0.15, 0.2) is 121 Å². The van der Waals surface area contributed by atoms with Crippen LogP contribution in [0.5, 0.6) is 17.2 Å². The molecule has 11 heteroatoms. The summed E-state index contributed by atoms with van der Waals surface area (Å²) in [4.78, 5) is 34.9. The molecule has 5 aromatic rings. The number of rotatable bonds is 15. The van der Waals surface area contributed by atoms with Gasteiger partial charge >= 0.3 is 26.3 Å². The van der Waals surface area contributed by atoms with E-state index in [1.807, 2.05) is 84.9 Å². The van der Waals surface area contributed by atoms with Crippen molar-refractivity contribution in [2.45, 2.75) is 19.3 Å². The molecule has 0 spiro atoms. The normalized spacial score (nSPS) is 10.9. The van der Waals surface area contributed by atoms with Gasteiger partial charge in [0.1, 0.15) is 26.1 Å². The van der Waals surface area contributed by atoms with Crippen molar-refractivity contribution in [1.29, 1.82) is 0 Å². The average molecular weight is 711 g/mol. The minimum absolute atomic E-state index is 0.122. The molecule has 0 amide bonds. The maximum Gasteiger partial charge on any atom is 0.326 e. The maximum absolute atomic E-state index is 11.7. The molecule has 0 N–H and O–H groups in total. The molecular formula is C39H36O9P2. The third kappa shape index (κ3) is 10.6. The van der Waals surface area contributed by atoms with Crippen LogP contribution in [0.25, 0.3) is 11.1 Å². The lowest BCUT2D eigenvalue weighted by Gasteiger charge is -2.19. The molecule has 256 valence electrons. The van der Waals surface area contributed by atoms with Crippen molar-refractivity contribution < 1.29 is 42.2 Å². The highest BCUT2D eigenvalue weighted by molar-refractivity contribution is 7.56. The van der Waals surface area contributed by atoms with Gasteiger partial charge in [-0.3, -0.25) is 14.4 Å². The molecule has 0 aliphatic heterocycles. The van der Waals surface area contributed by atoms with Crippen molar-refractivity contribution in [3.63, 3.8) is 0 Å². The Labute approximate surface area is 294 Å². The molecule has 50 heavy (non-hydrogen) atoms. The van der Waals surface area contributed by atoms with Gasteiger partial charge < -0.3 is 27.8 Å². The van der Waals surface area contributed by atoms with E-state index in [0.29, 0.717) is 11.5 Å². The Hall–Kier alpha value is -5.23. The van der Waals surface area contributed by atoms with Gasteiger partial charge in [-0.15, -0.1) is 0 Å². The van der Waals surface area contributed by atoms with Crippen molar-refractivity contribution in [1.82, 2.24) is 0 Å². The molecule has 0 bridgehead atoms. The summed E-state index contributed by atoms with van der Waals surface area (Å²) in [6, 6.07) is 38.1. The Morgan fingerprint density at radius 2 is 0.840 bits per heavy atom. The summed E-state index contributed by atoms with van der Waals surface area (Å²) in [6.07, 6.45) is 0.567. The van der Waals surface area contributed by atoms with Gasteiger partial charge in [0.15, 0.2) is 0 Å². The van der Waals surface area contributed by atoms with Gasteiger partial charge in [0.05, 0.1) is 45.9 Å². The number of hydrogen-bond donors (Lipinski definition) is 0. The van der Waals surface area contributed by atoms with Crippen molar-refractivity contribution >= 4 is 45.7 Å². The molecule has 0 saturated heterocycles. The lowest BCUT2D eigenvalue weighted by Crippen LogP contribution is -2.10. The van der Waals surface area contributed by atoms with Crippen molar-refractivity contribution in [3.05, 3.63) is 138 Å². The Bertz CT molecular complexity index is 1800. The van der Waals surface area contributed by atoms with Gasteiger partial charge in [0, 0.05) is 5.30 Å². The first-order chi connectivity index (χ1) is 24.3. The summed E-state index contributed by atoms with van der Waals surface area (Å²) in [6.45, 7) is 0. The fraction of sp³-hybridized carbons (Fsp3) is 0.154. The zero-order valence-corrected chi connectivity index (χ0v) is 29.7. The van der Waals surface area contributed by atoms with E-state index < -0.39 is 8.38 Å². The first kappa shape index (κ1) is 36.1. The van der Waals surface area contributed by atoms with Crippen molar-refractivity contribution in [2.24, 2.45) is 0 Å². The van der Waals surface area contributed by atoms with E-state index in [1.54, 1.807) is 24.3 Å². The predicted molar refractivity (Wildman–Crippen MR) is 195 cm³/mol. The van der Waals surface area contributed by atoms with Crippen LogP contribution in [0.3, 0.4) is 0 Å². The van der Waals surface area contributed by atoms with Crippen LogP contribution in [0, 0.1) is 0 Å². The number of carbonyl (C=O) groups is 3. The Morgan fingerprint density at radius 1 is 0.480 bits per heavy atom. The quantitative estimate of drug-likeness (QED) is 0.0652. The number of carbonyl (C=O) groups excluding carboxylic acids is 3. The van der Waals surface area contributed by atoms with Gasteiger partial charge in [-0.05, 0) is 76.3 Å². The third-order valence-corrected chi connectivity index (χ3v) is 9.84. The lowest BCUT2D eigenvalue weighted by atomic mass is 10.1. The van der Waals surface area contributed by atoms with Gasteiger partial charge in [0.25, 0.3) is 0 Å². The topological polar surface area (TPSA) is 107 Å². The van der Waals surface area contributed by atoms with E-state index in [2.05, 4.69) is 12.1 Å². The largest absolute Gasteiger partial charge is 0.472 e. The Balaban J connectivity index is 1.26. The van der Waals surface area contributed by atoms with Crippen LogP contribution >= 0.6 is 17.2 Å². The molecule has 0 aliphatic rings. The smallest absolute Gasteiger partial charge is 0.326 e. The summed E-state index contributed by atoms with van der Waals surface area (Å²) in [5.74, 6) is 0.997. The minimum atomic E-state index is -1.61. The summed E-state index contributed by atoms with van der Waals surface area (Å²) >= 11 is 0. The number of ether oxygens (including phenoxy) is 3. The standard InChI is InChI=1S/C39H36O9P2/c1-43-37(40)24-27-4-14-32(15-5-27)46-49-35-20-10-30(11-21-35)31-12-22-36(23-13-31)50(47-33-16-6-28(7-17-33)25-38(41)44-2)48-34-18-8-29(9-19-34)26-39(42)45-3/h4-23,49H,24-26H2,1-3H3. The number of hydrogen-bond acceptors (Lipinski definition) is 9. The molecule has 0 radical (unpaired) electrons. The molecule has 5 rings (SSSR count). The van der Waals surface area contributed by atoms with Crippen LogP contribution < -0.4 is 24.2 Å². The van der Waals surface area contributed by atoms with E-state index in [-0.39, 0.29) is 46.0 Å². The highest BCUT2D eigenvalue weighted by Crippen LogP contribution is 2.40. The summed E-state index contributed by atoms with van der Waals surface area (Å²) in [5, 5.41) is 1.90. The second kappa shape index (κ2) is 18.0. The van der Waals surface area contributed by atoms with Crippen LogP contribution in [0.2, 0.25) is 0 Å². The van der Waals surface area contributed by atoms with E-state index >= 15 is 0 Å². The summed E-state index contributed by atoms with van der Waals surface area (Å²) in [5.41, 5.74) is 4.56. The zero-order chi connectivity index (χ0) is 35.3. The molecule has 0 fully saturated rings. The second-order valence-electron chi connectivity index (χ2n) is 11.0. The second-order valence-corrected chi connectivity index (χ2v) is 13.3. The average Bonchev–Trinajstić information content (AvgIpc) is 3.16. The van der Waals surface area contributed by atoms with E-state index in [1.165, 1.54) is 21.3 Å². The SMILES string of the molecule is COC(=O)Cc1ccc(OPc2ccc(-c3ccc(P(Oc4ccc(CC(=O)OC)cc4)Oc4ccc(CC(=O)OC)cc4)cc3)cc2)cc1. The fourth-order valence-corrected chi connectivity index (χ4v) is 6.61. The van der Waals surface area contributed by atoms with Crippen LogP contribution in [0.1, 0.15) is 16.7 Å². The molecule has 0 aromatic heterocycles. The van der Waals surface area contributed by atoms with Crippen molar-refractivity contribution in [3.8, 4) is 28.4 Å². The lowest BCUT2D eigenvalue weighted by molar-refractivity contribution is -0.140. The molecular weight excluding hydrogens is 674 g/mol. The van der Waals surface area contributed by atoms with Gasteiger partial charge in [-0.1, -0.05) is 72.8 Å². The Morgan fingerprint density at radius 3 is 1.22 bits per heavy atom. The Kier molecular flexibility index (Phi) is 13.0. The highest BCUT2D eigenvalue weighted by atomic mass is 31.2. The van der Waals surface area contributed by atoms with Crippen LogP contribution in [-0.4, -0.2) is 39.2 Å². The van der Waals surface area contributed by atoms with Crippen LogP contribution in [0.4, 0.5) is 0 Å². The summed E-state index contributed by atoms with van der Waals surface area (Å²) in [7, 11) is 2.62. The number of esters is 3. The molecule has 1 atom stereocenters. The van der Waals surface area contributed by atoms with Gasteiger partial charge in [-0.2, -0.15) is 0 Å². The first-order valence-corrected chi connectivity index (χ1v) is 17.7. The molecule has 0 aliphatic carbocycles. The van der Waals surface area contributed by atoms with E-state index in [9.17, 15) is 14.4 Å². The predicted octanol–water partition coefficient (Wildman–Crippen LogP) is 6.89. The third-order valence-electron chi connectivity index (χ3n) is 7.46.